The summed E-state index contributed by atoms with van der Waals surface area (Å²) in [6.07, 6.45) is 1.21. The van der Waals surface area contributed by atoms with Gasteiger partial charge in [0.15, 0.2) is 0 Å². The van der Waals surface area contributed by atoms with Gasteiger partial charge in [0, 0.05) is 20.2 Å². The maximum Gasteiger partial charge on any atom is 0.222 e. The summed E-state index contributed by atoms with van der Waals surface area (Å²) in [4.78, 5) is 11.5. The van der Waals surface area contributed by atoms with Crippen molar-refractivity contribution in [2.24, 2.45) is 11.1 Å². The lowest BCUT2D eigenvalue weighted by molar-refractivity contribution is -0.123. The molecule has 3 N–H and O–H groups in total. The quantitative estimate of drug-likeness (QED) is 0.664. The molecular weight excluding hydrogens is 192 g/mol. The number of rotatable bonds is 7. The molecule has 0 saturated carbocycles. The van der Waals surface area contributed by atoms with Gasteiger partial charge >= 0.3 is 0 Å². The van der Waals surface area contributed by atoms with Crippen LogP contribution in [0.3, 0.4) is 0 Å². The van der Waals surface area contributed by atoms with E-state index in [0.717, 1.165) is 6.42 Å². The van der Waals surface area contributed by atoms with Crippen LogP contribution in [0.15, 0.2) is 0 Å². The van der Waals surface area contributed by atoms with Gasteiger partial charge in [0.25, 0.3) is 0 Å². The van der Waals surface area contributed by atoms with Gasteiger partial charge in [0.05, 0.1) is 12.5 Å². The van der Waals surface area contributed by atoms with Gasteiger partial charge in [-0.05, 0) is 11.8 Å². The molecule has 90 valence electrons. The van der Waals surface area contributed by atoms with Gasteiger partial charge < -0.3 is 15.8 Å². The van der Waals surface area contributed by atoms with Crippen molar-refractivity contribution in [1.29, 1.82) is 0 Å². The standard InChI is InChI=1S/C11H24N2O2/c1-5-11(2,3)8-13-10(14)6-9(7-12)15-4/h9H,5-8,12H2,1-4H3,(H,13,14). The van der Waals surface area contributed by atoms with Crippen molar-refractivity contribution in [2.75, 3.05) is 20.2 Å². The molecule has 0 rings (SSSR count). The summed E-state index contributed by atoms with van der Waals surface area (Å²) in [5.74, 6) is 0.00817. The molecule has 0 heterocycles. The SMILES string of the molecule is CCC(C)(C)CNC(=O)CC(CN)OC. The number of carbonyl (C=O) groups is 1. The lowest BCUT2D eigenvalue weighted by atomic mass is 9.90. The molecule has 0 aliphatic heterocycles. The Morgan fingerprint density at radius 3 is 2.53 bits per heavy atom. The minimum atomic E-state index is -0.172. The fraction of sp³-hybridized carbons (Fsp3) is 0.909. The molecule has 0 radical (unpaired) electrons. The predicted octanol–water partition coefficient (Wildman–Crippen LogP) is 0.903. The molecule has 0 aromatic heterocycles. The first kappa shape index (κ1) is 14.4. The molecule has 0 fully saturated rings. The molecule has 0 bridgehead atoms. The number of methoxy groups -OCH3 is 1. The van der Waals surface area contributed by atoms with E-state index >= 15 is 0 Å². The Hall–Kier alpha value is -0.610. The number of nitrogens with two attached hydrogens (primary N) is 1. The van der Waals surface area contributed by atoms with E-state index in [2.05, 4.69) is 26.1 Å². The van der Waals surface area contributed by atoms with E-state index in [4.69, 9.17) is 10.5 Å². The van der Waals surface area contributed by atoms with Crippen molar-refractivity contribution in [3.8, 4) is 0 Å². The minimum Gasteiger partial charge on any atom is -0.380 e. The first-order valence-corrected chi connectivity index (χ1v) is 5.44. The molecule has 4 heteroatoms. The summed E-state index contributed by atoms with van der Waals surface area (Å²) in [6.45, 7) is 7.45. The summed E-state index contributed by atoms with van der Waals surface area (Å²) < 4.78 is 5.04. The third-order valence-corrected chi connectivity index (χ3v) is 2.73. The molecule has 1 atom stereocenters. The summed E-state index contributed by atoms with van der Waals surface area (Å²) in [5.41, 5.74) is 5.59. The van der Waals surface area contributed by atoms with Crippen LogP contribution in [-0.2, 0) is 9.53 Å². The van der Waals surface area contributed by atoms with Crippen LogP contribution >= 0.6 is 0 Å². The highest BCUT2D eigenvalue weighted by atomic mass is 16.5. The maximum atomic E-state index is 11.5. The van der Waals surface area contributed by atoms with Crippen molar-refractivity contribution in [2.45, 2.75) is 39.7 Å². The zero-order chi connectivity index (χ0) is 11.9. The van der Waals surface area contributed by atoms with Gasteiger partial charge in [0.2, 0.25) is 5.91 Å². The summed E-state index contributed by atoms with van der Waals surface area (Å²) in [7, 11) is 1.57. The molecule has 0 aliphatic rings. The second-order valence-electron chi connectivity index (χ2n) is 4.59. The smallest absolute Gasteiger partial charge is 0.222 e. The highest BCUT2D eigenvalue weighted by molar-refractivity contribution is 5.76. The first-order valence-electron chi connectivity index (χ1n) is 5.44. The van der Waals surface area contributed by atoms with Crippen molar-refractivity contribution in [3.05, 3.63) is 0 Å². The van der Waals surface area contributed by atoms with E-state index in [0.29, 0.717) is 19.5 Å². The topological polar surface area (TPSA) is 64.4 Å². The molecule has 0 spiro atoms. The number of ether oxygens (including phenoxy) is 1. The van der Waals surface area contributed by atoms with Crippen molar-refractivity contribution < 1.29 is 9.53 Å². The highest BCUT2D eigenvalue weighted by Gasteiger charge is 2.17. The lowest BCUT2D eigenvalue weighted by Gasteiger charge is -2.23. The molecule has 0 aromatic rings. The van der Waals surface area contributed by atoms with Gasteiger partial charge in [0.1, 0.15) is 0 Å². The molecule has 15 heavy (non-hydrogen) atoms. The van der Waals surface area contributed by atoms with Crippen molar-refractivity contribution in [3.63, 3.8) is 0 Å². The lowest BCUT2D eigenvalue weighted by Crippen LogP contribution is -2.37. The molecule has 4 nitrogen and oxygen atoms in total. The minimum absolute atomic E-state index is 0.00817. The average molecular weight is 216 g/mol. The molecule has 1 unspecified atom stereocenters. The monoisotopic (exact) mass is 216 g/mol. The zero-order valence-electron chi connectivity index (χ0n) is 10.3. The highest BCUT2D eigenvalue weighted by Crippen LogP contribution is 2.17. The Labute approximate surface area is 92.6 Å². The number of hydrogen-bond acceptors (Lipinski definition) is 3. The van der Waals surface area contributed by atoms with Crippen molar-refractivity contribution in [1.82, 2.24) is 5.32 Å². The van der Waals surface area contributed by atoms with Crippen LogP contribution in [0.4, 0.5) is 0 Å². The summed E-state index contributed by atoms with van der Waals surface area (Å²) in [5, 5.41) is 2.90. The fourth-order valence-electron chi connectivity index (χ4n) is 1.00. The molecule has 0 saturated heterocycles. The van der Waals surface area contributed by atoms with Gasteiger partial charge in [-0.2, -0.15) is 0 Å². The van der Waals surface area contributed by atoms with Gasteiger partial charge in [-0.1, -0.05) is 20.8 Å². The van der Waals surface area contributed by atoms with E-state index < -0.39 is 0 Å². The number of hydrogen-bond donors (Lipinski definition) is 2. The van der Waals surface area contributed by atoms with Crippen LogP contribution in [0.1, 0.15) is 33.6 Å². The van der Waals surface area contributed by atoms with Gasteiger partial charge in [-0.3, -0.25) is 4.79 Å². The molecule has 1 amide bonds. The molecular formula is C11H24N2O2. The fourth-order valence-corrected chi connectivity index (χ4v) is 1.00. The molecule has 0 aromatic carbocycles. The normalized spacial score (nSPS) is 13.7. The van der Waals surface area contributed by atoms with Crippen LogP contribution in [-0.4, -0.2) is 32.2 Å². The first-order chi connectivity index (χ1) is 6.95. The second kappa shape index (κ2) is 6.80. The van der Waals surface area contributed by atoms with E-state index in [1.54, 1.807) is 7.11 Å². The van der Waals surface area contributed by atoms with Crippen LogP contribution in [0.25, 0.3) is 0 Å². The second-order valence-corrected chi connectivity index (χ2v) is 4.59. The van der Waals surface area contributed by atoms with E-state index in [-0.39, 0.29) is 17.4 Å². The Bertz CT molecular complexity index is 189. The summed E-state index contributed by atoms with van der Waals surface area (Å²) in [6, 6.07) is 0. The third-order valence-electron chi connectivity index (χ3n) is 2.73. The van der Waals surface area contributed by atoms with E-state index in [9.17, 15) is 4.79 Å². The van der Waals surface area contributed by atoms with Crippen molar-refractivity contribution >= 4 is 5.91 Å². The Kier molecular flexibility index (Phi) is 6.52. The zero-order valence-corrected chi connectivity index (χ0v) is 10.3. The van der Waals surface area contributed by atoms with Crippen LogP contribution in [0.5, 0.6) is 0 Å². The van der Waals surface area contributed by atoms with Crippen LogP contribution < -0.4 is 11.1 Å². The Morgan fingerprint density at radius 2 is 2.13 bits per heavy atom. The summed E-state index contributed by atoms with van der Waals surface area (Å²) >= 11 is 0. The largest absolute Gasteiger partial charge is 0.380 e. The van der Waals surface area contributed by atoms with Crippen LogP contribution in [0.2, 0.25) is 0 Å². The van der Waals surface area contributed by atoms with Crippen LogP contribution in [0, 0.1) is 5.41 Å². The number of carbonyl (C=O) groups excluding carboxylic acids is 1. The van der Waals surface area contributed by atoms with E-state index in [1.807, 2.05) is 0 Å². The number of nitrogens with one attached hydrogen (secondary N) is 1. The third kappa shape index (κ3) is 6.47. The average Bonchev–Trinajstić information content (AvgIpc) is 2.23. The maximum absolute atomic E-state index is 11.5. The van der Waals surface area contributed by atoms with Gasteiger partial charge in [-0.15, -0.1) is 0 Å². The van der Waals surface area contributed by atoms with E-state index in [1.165, 1.54) is 0 Å². The Morgan fingerprint density at radius 1 is 1.53 bits per heavy atom. The van der Waals surface area contributed by atoms with Gasteiger partial charge in [-0.25, -0.2) is 0 Å². The number of amides is 1. The Balaban J connectivity index is 3.84. The molecule has 0 aliphatic carbocycles. The predicted molar refractivity (Wildman–Crippen MR) is 61.6 cm³/mol.